The smallest absolute Gasteiger partial charge is 0.234 e. The highest BCUT2D eigenvalue weighted by Crippen LogP contribution is 2.61. The predicted molar refractivity (Wildman–Crippen MR) is 244 cm³/mol. The maximum absolute atomic E-state index is 15.9. The summed E-state index contributed by atoms with van der Waals surface area (Å²) in [7, 11) is -3.33. The Balaban J connectivity index is 1.05. The maximum atomic E-state index is 15.9. The van der Waals surface area contributed by atoms with Gasteiger partial charge in [0, 0.05) is 32.6 Å². The number of para-hydroxylation sites is 1. The quantitative estimate of drug-likeness (QED) is 0.132. The molecule has 4 heteroatoms. The summed E-state index contributed by atoms with van der Waals surface area (Å²) in [5.41, 5.74) is 10.0. The molecule has 0 aliphatic carbocycles. The van der Waals surface area contributed by atoms with Crippen molar-refractivity contribution in [1.29, 1.82) is 0 Å². The SMILES string of the molecule is O=P1(c2ccccc2)c2ccccc2-c2cc(-c3cccc4oc5ccc(-c6ccc7c8ccccc8c8ccccc8c7c6)cc5c34)ccc2N1c1ccccc1. The van der Waals surface area contributed by atoms with Gasteiger partial charge >= 0.3 is 0 Å². The molecule has 58 heavy (non-hydrogen) atoms. The van der Waals surface area contributed by atoms with Gasteiger partial charge in [0.1, 0.15) is 11.2 Å². The number of furan rings is 1. The Morgan fingerprint density at radius 1 is 0.379 bits per heavy atom. The molecule has 0 spiro atoms. The summed E-state index contributed by atoms with van der Waals surface area (Å²) in [6.07, 6.45) is 0. The molecule has 0 radical (unpaired) electrons. The highest BCUT2D eigenvalue weighted by Gasteiger charge is 2.42. The van der Waals surface area contributed by atoms with Gasteiger partial charge in [0.15, 0.2) is 0 Å². The van der Waals surface area contributed by atoms with Crippen LogP contribution in [0.25, 0.3) is 87.6 Å². The number of rotatable bonds is 4. The van der Waals surface area contributed by atoms with E-state index in [0.29, 0.717) is 0 Å². The fourth-order valence-electron chi connectivity index (χ4n) is 9.42. The summed E-state index contributed by atoms with van der Waals surface area (Å²) in [6.45, 7) is 0. The minimum atomic E-state index is -3.33. The van der Waals surface area contributed by atoms with E-state index in [1.54, 1.807) is 0 Å². The predicted octanol–water partition coefficient (Wildman–Crippen LogP) is 14.4. The van der Waals surface area contributed by atoms with Gasteiger partial charge in [-0.15, -0.1) is 0 Å². The first kappa shape index (κ1) is 33.0. The molecule has 3 nitrogen and oxygen atoms in total. The standard InChI is InChI=1S/C54H34NO2P/c56-58(39-16-5-2-6-17-39)53-25-12-11-22-46(53)48-34-37(27-30-50(48)55(58)38-14-3-1-4-15-38)40-23-13-24-52-54(40)49-33-36(28-31-51(49)57-52)35-26-29-45-43-20-8-7-18-41(43)42-19-9-10-21-44(42)47(45)32-35/h1-34H. The Kier molecular flexibility index (Phi) is 7.20. The highest BCUT2D eigenvalue weighted by atomic mass is 31.2. The zero-order chi connectivity index (χ0) is 38.4. The van der Waals surface area contributed by atoms with Crippen molar-refractivity contribution in [3.05, 3.63) is 206 Å². The minimum Gasteiger partial charge on any atom is -0.456 e. The molecular formula is C54H34NO2P. The van der Waals surface area contributed by atoms with Gasteiger partial charge in [0.25, 0.3) is 0 Å². The monoisotopic (exact) mass is 759 g/mol. The second-order valence-corrected chi connectivity index (χ2v) is 17.7. The molecule has 2 heterocycles. The first-order valence-corrected chi connectivity index (χ1v) is 21.4. The average molecular weight is 760 g/mol. The highest BCUT2D eigenvalue weighted by molar-refractivity contribution is 7.80. The Morgan fingerprint density at radius 2 is 0.948 bits per heavy atom. The average Bonchev–Trinajstić information content (AvgIpc) is 3.68. The van der Waals surface area contributed by atoms with E-state index in [9.17, 15) is 0 Å². The van der Waals surface area contributed by atoms with Crippen molar-refractivity contribution in [3.8, 4) is 33.4 Å². The summed E-state index contributed by atoms with van der Waals surface area (Å²) in [5.74, 6) is 0. The third-order valence-corrected chi connectivity index (χ3v) is 15.1. The molecule has 12 rings (SSSR count). The van der Waals surface area contributed by atoms with E-state index in [4.69, 9.17) is 4.42 Å². The lowest BCUT2D eigenvalue weighted by atomic mass is 9.91. The van der Waals surface area contributed by atoms with Crippen molar-refractivity contribution in [2.45, 2.75) is 0 Å². The van der Waals surface area contributed by atoms with Crippen LogP contribution in [0.3, 0.4) is 0 Å². The third kappa shape index (κ3) is 4.78. The van der Waals surface area contributed by atoms with Crippen molar-refractivity contribution in [3.63, 3.8) is 0 Å². The lowest BCUT2D eigenvalue weighted by Crippen LogP contribution is -2.33. The largest absolute Gasteiger partial charge is 0.456 e. The van der Waals surface area contributed by atoms with Gasteiger partial charge in [-0.25, -0.2) is 0 Å². The van der Waals surface area contributed by atoms with Crippen LogP contribution in [-0.2, 0) is 4.57 Å². The van der Waals surface area contributed by atoms with Crippen LogP contribution in [0, 0.1) is 0 Å². The number of fused-ring (bicyclic) bond motifs is 12. The molecule has 1 aliphatic rings. The second-order valence-electron chi connectivity index (χ2n) is 15.2. The summed E-state index contributed by atoms with van der Waals surface area (Å²) >= 11 is 0. The number of benzene rings is 10. The topological polar surface area (TPSA) is 33.5 Å². The van der Waals surface area contributed by atoms with E-state index >= 15 is 4.57 Å². The lowest BCUT2D eigenvalue weighted by Gasteiger charge is -2.40. The molecule has 1 unspecified atom stereocenters. The lowest BCUT2D eigenvalue weighted by molar-refractivity contribution is 0.587. The molecule has 1 aromatic heterocycles. The van der Waals surface area contributed by atoms with Crippen LogP contribution in [-0.4, -0.2) is 0 Å². The summed E-state index contributed by atoms with van der Waals surface area (Å²) in [4.78, 5) is 0. The van der Waals surface area contributed by atoms with Gasteiger partial charge in [0.2, 0.25) is 7.29 Å². The fraction of sp³-hybridized carbons (Fsp3) is 0. The molecular weight excluding hydrogens is 726 g/mol. The zero-order valence-corrected chi connectivity index (χ0v) is 32.2. The van der Waals surface area contributed by atoms with E-state index in [1.165, 1.54) is 32.3 Å². The molecule has 0 bridgehead atoms. The van der Waals surface area contributed by atoms with Gasteiger partial charge in [0.05, 0.1) is 5.69 Å². The number of nitrogens with zero attached hydrogens (tertiary/aromatic N) is 1. The fourth-order valence-corrected chi connectivity index (χ4v) is 12.5. The molecule has 1 atom stereocenters. The van der Waals surface area contributed by atoms with Crippen LogP contribution >= 0.6 is 7.29 Å². The Morgan fingerprint density at radius 3 is 1.69 bits per heavy atom. The number of hydrogen-bond donors (Lipinski definition) is 0. The molecule has 0 saturated carbocycles. The molecule has 0 fully saturated rings. The first-order valence-electron chi connectivity index (χ1n) is 19.7. The third-order valence-electron chi connectivity index (χ3n) is 12.0. The van der Waals surface area contributed by atoms with Crippen LogP contribution < -0.4 is 15.3 Å². The molecule has 10 aromatic carbocycles. The molecule has 11 aromatic rings. The van der Waals surface area contributed by atoms with Gasteiger partial charge in [-0.1, -0.05) is 140 Å². The van der Waals surface area contributed by atoms with E-state index in [1.807, 2.05) is 66.7 Å². The number of anilines is 2. The summed E-state index contributed by atoms with van der Waals surface area (Å²) < 4.78 is 24.5. The minimum absolute atomic E-state index is 0.805. The van der Waals surface area contributed by atoms with Crippen molar-refractivity contribution in [2.75, 3.05) is 4.67 Å². The Labute approximate surface area is 335 Å². The molecule has 0 saturated heterocycles. The van der Waals surface area contributed by atoms with Crippen molar-refractivity contribution >= 4 is 83.5 Å². The van der Waals surface area contributed by atoms with E-state index < -0.39 is 7.29 Å². The van der Waals surface area contributed by atoms with Gasteiger partial charge in [-0.2, -0.15) is 0 Å². The van der Waals surface area contributed by atoms with E-state index in [2.05, 4.69) is 144 Å². The summed E-state index contributed by atoms with van der Waals surface area (Å²) in [5, 5.41) is 11.4. The van der Waals surface area contributed by atoms with Gasteiger partial charge in [-0.3, -0.25) is 9.24 Å². The number of hydrogen-bond acceptors (Lipinski definition) is 2. The van der Waals surface area contributed by atoms with Crippen molar-refractivity contribution < 1.29 is 8.98 Å². The van der Waals surface area contributed by atoms with Gasteiger partial charge in [-0.05, 0) is 127 Å². The van der Waals surface area contributed by atoms with Crippen LogP contribution in [0.15, 0.2) is 211 Å². The van der Waals surface area contributed by atoms with Gasteiger partial charge < -0.3 is 4.42 Å². The molecule has 0 amide bonds. The van der Waals surface area contributed by atoms with E-state index in [-0.39, 0.29) is 0 Å². The molecule has 272 valence electrons. The second kappa shape index (κ2) is 12.7. The zero-order valence-electron chi connectivity index (χ0n) is 31.3. The Hall–Kier alpha value is -7.19. The molecule has 1 aliphatic heterocycles. The first-order chi connectivity index (χ1) is 28.6. The van der Waals surface area contributed by atoms with Crippen LogP contribution in [0.1, 0.15) is 0 Å². The van der Waals surface area contributed by atoms with Crippen LogP contribution in [0.5, 0.6) is 0 Å². The Bertz CT molecular complexity index is 3460. The maximum Gasteiger partial charge on any atom is 0.234 e. The van der Waals surface area contributed by atoms with Crippen molar-refractivity contribution in [2.24, 2.45) is 0 Å². The molecule has 0 N–H and O–H groups in total. The van der Waals surface area contributed by atoms with Crippen LogP contribution in [0.2, 0.25) is 0 Å². The van der Waals surface area contributed by atoms with Crippen LogP contribution in [0.4, 0.5) is 11.4 Å². The van der Waals surface area contributed by atoms with E-state index in [0.717, 1.165) is 77.3 Å². The van der Waals surface area contributed by atoms with Crippen molar-refractivity contribution in [1.82, 2.24) is 0 Å². The normalized spacial score (nSPS) is 15.0. The summed E-state index contributed by atoms with van der Waals surface area (Å²) in [6, 6.07) is 72.1.